The monoisotopic (exact) mass is 381 g/mol. The number of hydrogen-bond donors (Lipinski definition) is 3. The maximum absolute atomic E-state index is 9.99. The van der Waals surface area contributed by atoms with Crippen molar-refractivity contribution in [1.82, 2.24) is 19.5 Å². The zero-order valence-electron chi connectivity index (χ0n) is 14.5. The van der Waals surface area contributed by atoms with Crippen LogP contribution in [0.3, 0.4) is 0 Å². The van der Waals surface area contributed by atoms with Gasteiger partial charge in [0, 0.05) is 12.5 Å². The molecular weight excluding hydrogens is 358 g/mol. The van der Waals surface area contributed by atoms with Gasteiger partial charge in [-0.05, 0) is 24.4 Å². The molecule has 0 spiro atoms. The van der Waals surface area contributed by atoms with Crippen LogP contribution in [0.2, 0.25) is 5.28 Å². The van der Waals surface area contributed by atoms with E-state index in [2.05, 4.69) is 20.3 Å². The summed E-state index contributed by atoms with van der Waals surface area (Å²) in [6, 6.07) is 0.361. The number of nitrogens with one attached hydrogen (secondary N) is 1. The van der Waals surface area contributed by atoms with E-state index in [0.717, 1.165) is 12.8 Å². The summed E-state index contributed by atoms with van der Waals surface area (Å²) < 4.78 is 7.47. The van der Waals surface area contributed by atoms with Crippen LogP contribution in [0.1, 0.15) is 51.2 Å². The molecule has 2 fully saturated rings. The van der Waals surface area contributed by atoms with Crippen LogP contribution in [0, 0.1) is 0 Å². The highest BCUT2D eigenvalue weighted by Crippen LogP contribution is 2.32. The third-order valence-corrected chi connectivity index (χ3v) is 5.45. The number of imidazole rings is 1. The third kappa shape index (κ3) is 3.51. The quantitative estimate of drug-likeness (QED) is 0.551. The average Bonchev–Trinajstić information content (AvgIpc) is 3.10. The molecule has 1 aliphatic heterocycles. The second-order valence-electron chi connectivity index (χ2n) is 7.11. The highest BCUT2D eigenvalue weighted by molar-refractivity contribution is 6.28. The summed E-state index contributed by atoms with van der Waals surface area (Å²) in [6.07, 6.45) is 7.44. The van der Waals surface area contributed by atoms with Crippen LogP contribution in [0.5, 0.6) is 0 Å². The van der Waals surface area contributed by atoms with Crippen LogP contribution in [-0.4, -0.2) is 54.6 Å². The van der Waals surface area contributed by atoms with E-state index in [9.17, 15) is 10.2 Å². The number of halogens is 1. The molecule has 3 heterocycles. The molecule has 0 bridgehead atoms. The van der Waals surface area contributed by atoms with Gasteiger partial charge in [0.15, 0.2) is 17.0 Å². The lowest BCUT2D eigenvalue weighted by molar-refractivity contribution is -0.0432. The summed E-state index contributed by atoms with van der Waals surface area (Å²) in [6.45, 7) is -0.228. The van der Waals surface area contributed by atoms with Gasteiger partial charge in [0.25, 0.3) is 0 Å². The molecule has 8 nitrogen and oxygen atoms in total. The molecule has 3 atom stereocenters. The number of aromatic nitrogens is 4. The van der Waals surface area contributed by atoms with E-state index in [4.69, 9.17) is 16.3 Å². The number of nitrogens with zero attached hydrogens (tertiary/aromatic N) is 4. The van der Waals surface area contributed by atoms with Crippen LogP contribution in [0.15, 0.2) is 6.33 Å². The molecule has 2 aliphatic rings. The minimum atomic E-state index is -0.719. The Bertz CT molecular complexity index is 762. The molecule has 142 valence electrons. The molecule has 1 unspecified atom stereocenters. The second-order valence-corrected chi connectivity index (χ2v) is 7.45. The van der Waals surface area contributed by atoms with Gasteiger partial charge in [0.2, 0.25) is 5.28 Å². The Hall–Kier alpha value is -1.48. The average molecular weight is 382 g/mol. The highest BCUT2D eigenvalue weighted by Gasteiger charge is 2.35. The molecule has 1 saturated heterocycles. The normalized spacial score (nSPS) is 27.7. The smallest absolute Gasteiger partial charge is 0.226 e. The van der Waals surface area contributed by atoms with Gasteiger partial charge in [-0.25, -0.2) is 4.98 Å². The number of anilines is 1. The van der Waals surface area contributed by atoms with Crippen molar-refractivity contribution in [2.75, 3.05) is 11.9 Å². The van der Waals surface area contributed by atoms with Gasteiger partial charge in [-0.15, -0.1) is 0 Å². The number of aliphatic hydroxyl groups excluding tert-OH is 2. The fourth-order valence-corrected chi connectivity index (χ4v) is 4.03. The van der Waals surface area contributed by atoms with Crippen LogP contribution >= 0.6 is 11.6 Å². The number of fused-ring (bicyclic) bond motifs is 1. The molecule has 2 aromatic heterocycles. The summed E-state index contributed by atoms with van der Waals surface area (Å²) in [4.78, 5) is 13.1. The van der Waals surface area contributed by atoms with E-state index >= 15 is 0 Å². The van der Waals surface area contributed by atoms with E-state index in [1.54, 1.807) is 10.9 Å². The standard InChI is InChI=1S/C17H24ClN5O3/c18-17-21-15(20-10-5-3-1-2-4-6-10)14-16(22-17)23(9-19-14)13-7-11(25)12(8-24)26-13/h9-13,24-25H,1-8H2,(H,20,21,22)/t11-,12+,13?/m0/s1. The van der Waals surface area contributed by atoms with Gasteiger partial charge >= 0.3 is 0 Å². The maximum atomic E-state index is 9.99. The van der Waals surface area contributed by atoms with Crippen LogP contribution in [0.4, 0.5) is 5.82 Å². The van der Waals surface area contributed by atoms with Crippen LogP contribution < -0.4 is 5.32 Å². The molecule has 0 aromatic carbocycles. The third-order valence-electron chi connectivity index (χ3n) is 5.28. The first-order valence-electron chi connectivity index (χ1n) is 9.26. The first kappa shape index (κ1) is 17.9. The molecule has 26 heavy (non-hydrogen) atoms. The Morgan fingerprint density at radius 2 is 2.00 bits per heavy atom. The van der Waals surface area contributed by atoms with Crippen molar-refractivity contribution in [3.05, 3.63) is 11.6 Å². The predicted octanol–water partition coefficient (Wildman–Crippen LogP) is 2.26. The molecule has 9 heteroatoms. The molecule has 2 aromatic rings. The summed E-state index contributed by atoms with van der Waals surface area (Å²) >= 11 is 6.16. The van der Waals surface area contributed by atoms with E-state index in [1.807, 2.05) is 0 Å². The molecule has 0 amide bonds. The van der Waals surface area contributed by atoms with Gasteiger partial charge in [0.1, 0.15) is 12.3 Å². The number of aliphatic hydroxyl groups is 2. The zero-order chi connectivity index (χ0) is 18.1. The molecular formula is C17H24ClN5O3. The molecule has 3 N–H and O–H groups in total. The predicted molar refractivity (Wildman–Crippen MR) is 97.1 cm³/mol. The largest absolute Gasteiger partial charge is 0.394 e. The SMILES string of the molecule is OC[C@H]1OC(n2cnc3c(NC4CCCCCC4)nc(Cl)nc32)C[C@@H]1O. The zero-order valence-corrected chi connectivity index (χ0v) is 15.3. The minimum absolute atomic E-state index is 0.146. The van der Waals surface area contributed by atoms with Crippen LogP contribution in [0.25, 0.3) is 11.2 Å². The minimum Gasteiger partial charge on any atom is -0.394 e. The fourth-order valence-electron chi connectivity index (χ4n) is 3.87. The summed E-state index contributed by atoms with van der Waals surface area (Å²) in [7, 11) is 0. The number of rotatable bonds is 4. The Labute approximate surface area is 156 Å². The van der Waals surface area contributed by atoms with Crippen molar-refractivity contribution < 1.29 is 14.9 Å². The van der Waals surface area contributed by atoms with Crippen LogP contribution in [-0.2, 0) is 4.74 Å². The lowest BCUT2D eigenvalue weighted by Gasteiger charge is -2.17. The maximum Gasteiger partial charge on any atom is 0.226 e. The molecule has 1 saturated carbocycles. The Morgan fingerprint density at radius 3 is 2.69 bits per heavy atom. The molecule has 1 aliphatic carbocycles. The van der Waals surface area contributed by atoms with Crippen molar-refractivity contribution in [2.24, 2.45) is 0 Å². The Balaban J connectivity index is 1.63. The first-order valence-corrected chi connectivity index (χ1v) is 9.64. The van der Waals surface area contributed by atoms with Crippen molar-refractivity contribution in [1.29, 1.82) is 0 Å². The fraction of sp³-hybridized carbons (Fsp3) is 0.706. The summed E-state index contributed by atoms with van der Waals surface area (Å²) in [5.74, 6) is 0.642. The van der Waals surface area contributed by atoms with Crippen molar-refractivity contribution >= 4 is 28.6 Å². The van der Waals surface area contributed by atoms with Gasteiger partial charge in [-0.1, -0.05) is 25.7 Å². The number of hydrogen-bond acceptors (Lipinski definition) is 7. The van der Waals surface area contributed by atoms with Gasteiger partial charge in [0.05, 0.1) is 19.0 Å². The van der Waals surface area contributed by atoms with Crippen molar-refractivity contribution in [3.63, 3.8) is 0 Å². The Kier molecular flexibility index (Phi) is 5.26. The summed E-state index contributed by atoms with van der Waals surface area (Å²) in [5, 5.41) is 22.9. The van der Waals surface area contributed by atoms with E-state index in [-0.39, 0.29) is 11.9 Å². The van der Waals surface area contributed by atoms with Gasteiger partial charge in [-0.3, -0.25) is 4.57 Å². The second kappa shape index (κ2) is 7.64. The van der Waals surface area contributed by atoms with E-state index < -0.39 is 18.4 Å². The van der Waals surface area contributed by atoms with E-state index in [0.29, 0.717) is 29.4 Å². The highest BCUT2D eigenvalue weighted by atomic mass is 35.5. The first-order chi connectivity index (χ1) is 12.7. The van der Waals surface area contributed by atoms with E-state index in [1.165, 1.54) is 25.7 Å². The lowest BCUT2D eigenvalue weighted by Crippen LogP contribution is -2.24. The number of ether oxygens (including phenoxy) is 1. The van der Waals surface area contributed by atoms with Crippen molar-refractivity contribution in [3.8, 4) is 0 Å². The van der Waals surface area contributed by atoms with Crippen molar-refractivity contribution in [2.45, 2.75) is 69.4 Å². The summed E-state index contributed by atoms with van der Waals surface area (Å²) in [5.41, 5.74) is 1.21. The molecule has 0 radical (unpaired) electrons. The molecule has 4 rings (SSSR count). The van der Waals surface area contributed by atoms with Gasteiger partial charge in [-0.2, -0.15) is 9.97 Å². The van der Waals surface area contributed by atoms with Gasteiger partial charge < -0.3 is 20.3 Å². The Morgan fingerprint density at radius 1 is 1.23 bits per heavy atom. The lowest BCUT2D eigenvalue weighted by atomic mass is 10.1. The topological polar surface area (TPSA) is 105 Å².